The van der Waals surface area contributed by atoms with Gasteiger partial charge in [0.15, 0.2) is 0 Å². The molecular formula is C11H22OSi. The summed E-state index contributed by atoms with van der Waals surface area (Å²) in [6, 6.07) is 0. The Labute approximate surface area is 83.6 Å². The first-order valence-electron chi connectivity index (χ1n) is 5.17. The molecule has 1 N–H and O–H groups in total. The fourth-order valence-corrected chi connectivity index (χ4v) is 2.97. The largest absolute Gasteiger partial charge is 0.462 e. The van der Waals surface area contributed by atoms with Gasteiger partial charge in [-0.1, -0.05) is 51.7 Å². The van der Waals surface area contributed by atoms with Gasteiger partial charge in [0.1, 0.15) is 6.11 Å². The summed E-state index contributed by atoms with van der Waals surface area (Å²) in [5, 5.41) is 8.62. The average molecular weight is 198 g/mol. The molecule has 0 aliphatic carbocycles. The molecule has 0 spiro atoms. The Bertz CT molecular complexity index is 182. The van der Waals surface area contributed by atoms with Gasteiger partial charge in [-0.15, -0.1) is 0 Å². The van der Waals surface area contributed by atoms with Gasteiger partial charge < -0.3 is 5.11 Å². The second-order valence-corrected chi connectivity index (χ2v) is 10.1. The van der Waals surface area contributed by atoms with E-state index in [9.17, 15) is 0 Å². The van der Waals surface area contributed by atoms with E-state index < -0.39 is 8.07 Å². The number of aliphatic hydroxyl groups excluding tert-OH is 1. The zero-order valence-electron chi connectivity index (χ0n) is 9.35. The van der Waals surface area contributed by atoms with E-state index in [1.54, 1.807) is 0 Å². The topological polar surface area (TPSA) is 20.2 Å². The third-order valence-corrected chi connectivity index (χ3v) is 4.90. The van der Waals surface area contributed by atoms with Crippen LogP contribution in [-0.4, -0.2) is 13.2 Å². The van der Waals surface area contributed by atoms with Crippen LogP contribution in [0.2, 0.25) is 25.2 Å². The van der Waals surface area contributed by atoms with Crippen molar-refractivity contribution in [1.82, 2.24) is 0 Å². The highest BCUT2D eigenvalue weighted by Gasteiger charge is 2.24. The van der Waals surface area contributed by atoms with Gasteiger partial charge >= 0.3 is 0 Å². The van der Waals surface area contributed by atoms with Crippen molar-refractivity contribution in [3.05, 3.63) is 0 Å². The van der Waals surface area contributed by atoms with E-state index in [1.807, 2.05) is 0 Å². The fourth-order valence-electron chi connectivity index (χ4n) is 1.40. The lowest BCUT2D eigenvalue weighted by molar-refractivity contribution is 0.515. The Morgan fingerprint density at radius 3 is 2.23 bits per heavy atom. The van der Waals surface area contributed by atoms with E-state index >= 15 is 0 Å². The summed E-state index contributed by atoms with van der Waals surface area (Å²) in [6.45, 7) is 9.15. The van der Waals surface area contributed by atoms with Crippen molar-refractivity contribution < 1.29 is 5.11 Å². The van der Waals surface area contributed by atoms with E-state index in [-0.39, 0.29) is 0 Å². The number of hydrogen-bond donors (Lipinski definition) is 1. The summed E-state index contributed by atoms with van der Waals surface area (Å²) in [4.78, 5) is 0. The Morgan fingerprint density at radius 1 is 1.23 bits per heavy atom. The van der Waals surface area contributed by atoms with Crippen LogP contribution in [0.15, 0.2) is 0 Å². The van der Waals surface area contributed by atoms with Gasteiger partial charge in [-0.2, -0.15) is 0 Å². The number of aliphatic hydroxyl groups is 1. The quantitative estimate of drug-likeness (QED) is 0.406. The van der Waals surface area contributed by atoms with Crippen LogP contribution in [0.25, 0.3) is 0 Å². The van der Waals surface area contributed by atoms with Crippen LogP contribution in [0.3, 0.4) is 0 Å². The second kappa shape index (κ2) is 6.10. The molecule has 2 heteroatoms. The summed E-state index contributed by atoms with van der Waals surface area (Å²) in [5.74, 6) is 2.95. The molecule has 0 heterocycles. The molecule has 13 heavy (non-hydrogen) atoms. The van der Waals surface area contributed by atoms with Crippen molar-refractivity contribution >= 4 is 8.07 Å². The maximum absolute atomic E-state index is 8.62. The maximum atomic E-state index is 8.62. The Balaban J connectivity index is 4.01. The molecule has 0 aromatic heterocycles. The third-order valence-electron chi connectivity index (χ3n) is 2.38. The van der Waals surface area contributed by atoms with Gasteiger partial charge in [0.05, 0.1) is 8.07 Å². The first-order valence-corrected chi connectivity index (χ1v) is 8.74. The van der Waals surface area contributed by atoms with E-state index in [1.165, 1.54) is 19.3 Å². The molecule has 0 saturated heterocycles. The predicted molar refractivity (Wildman–Crippen MR) is 60.9 cm³/mol. The molecule has 0 rings (SSSR count). The molecule has 0 aliphatic rings. The van der Waals surface area contributed by atoms with E-state index in [0.29, 0.717) is 5.54 Å². The van der Waals surface area contributed by atoms with Gasteiger partial charge in [-0.25, -0.2) is 0 Å². The molecule has 0 aromatic rings. The number of hydrogen-bond acceptors (Lipinski definition) is 1. The molecule has 0 saturated carbocycles. The number of unbranched alkanes of at least 4 members (excludes halogenated alkanes) is 2. The molecule has 1 atom stereocenters. The van der Waals surface area contributed by atoms with Gasteiger partial charge in [0.25, 0.3) is 0 Å². The van der Waals surface area contributed by atoms with Gasteiger partial charge in [-0.05, 0) is 6.42 Å². The summed E-state index contributed by atoms with van der Waals surface area (Å²) in [7, 11) is -1.19. The molecule has 0 aromatic carbocycles. The summed E-state index contributed by atoms with van der Waals surface area (Å²) in [5.41, 5.74) is 0.462. The van der Waals surface area contributed by atoms with Crippen molar-refractivity contribution in [3.63, 3.8) is 0 Å². The fraction of sp³-hybridized carbons (Fsp3) is 0.818. The Kier molecular flexibility index (Phi) is 5.90. The van der Waals surface area contributed by atoms with Crippen molar-refractivity contribution in [3.8, 4) is 12.0 Å². The minimum Gasteiger partial charge on any atom is -0.462 e. The molecule has 1 nitrogen and oxygen atoms in total. The smallest absolute Gasteiger partial charge is 0.107 e. The monoisotopic (exact) mass is 198 g/mol. The molecule has 0 aliphatic heterocycles. The van der Waals surface area contributed by atoms with Crippen LogP contribution in [0, 0.1) is 12.0 Å². The van der Waals surface area contributed by atoms with E-state index in [2.05, 4.69) is 38.6 Å². The molecule has 0 bridgehead atoms. The average Bonchev–Trinajstić information content (AvgIpc) is 2.01. The highest BCUT2D eigenvalue weighted by atomic mass is 28.3. The maximum Gasteiger partial charge on any atom is 0.107 e. The zero-order chi connectivity index (χ0) is 10.3. The normalized spacial score (nSPS) is 13.2. The lowest BCUT2D eigenvalue weighted by Gasteiger charge is -2.23. The lowest BCUT2D eigenvalue weighted by Crippen LogP contribution is -2.27. The van der Waals surface area contributed by atoms with Crippen molar-refractivity contribution in [1.29, 1.82) is 0 Å². The van der Waals surface area contributed by atoms with Crippen LogP contribution >= 0.6 is 0 Å². The van der Waals surface area contributed by atoms with Crippen LogP contribution in [0.4, 0.5) is 0 Å². The highest BCUT2D eigenvalue weighted by Crippen LogP contribution is 2.26. The van der Waals surface area contributed by atoms with Gasteiger partial charge in [0, 0.05) is 5.54 Å². The lowest BCUT2D eigenvalue weighted by atomic mass is 10.1. The highest BCUT2D eigenvalue weighted by molar-refractivity contribution is 6.78. The minimum absolute atomic E-state index is 0.462. The zero-order valence-corrected chi connectivity index (χ0v) is 10.4. The standard InChI is InChI=1S/C11H22OSi/c1-5-6-7-8-11(9-10-12)13(2,3)4/h11-12H,5-8H2,1-4H3. The molecule has 0 amide bonds. The summed E-state index contributed by atoms with van der Waals surface area (Å²) >= 11 is 0. The first-order chi connectivity index (χ1) is 6.02. The first kappa shape index (κ1) is 12.6. The Morgan fingerprint density at radius 2 is 1.85 bits per heavy atom. The second-order valence-electron chi connectivity index (χ2n) is 4.67. The molecule has 0 fully saturated rings. The van der Waals surface area contributed by atoms with Crippen LogP contribution in [0.5, 0.6) is 0 Å². The molecular weight excluding hydrogens is 176 g/mol. The van der Waals surface area contributed by atoms with Gasteiger partial charge in [0.2, 0.25) is 0 Å². The van der Waals surface area contributed by atoms with Crippen LogP contribution in [0.1, 0.15) is 32.6 Å². The summed E-state index contributed by atoms with van der Waals surface area (Å²) < 4.78 is 0. The van der Waals surface area contributed by atoms with E-state index in [4.69, 9.17) is 5.11 Å². The van der Waals surface area contributed by atoms with Crippen LogP contribution in [-0.2, 0) is 0 Å². The minimum atomic E-state index is -1.19. The molecule has 76 valence electrons. The van der Waals surface area contributed by atoms with Crippen molar-refractivity contribution in [2.45, 2.75) is 57.8 Å². The van der Waals surface area contributed by atoms with Crippen molar-refractivity contribution in [2.75, 3.05) is 0 Å². The summed E-state index contributed by atoms with van der Waals surface area (Å²) in [6.07, 6.45) is 7.04. The van der Waals surface area contributed by atoms with Gasteiger partial charge in [-0.3, -0.25) is 0 Å². The predicted octanol–water partition coefficient (Wildman–Crippen LogP) is 3.61. The molecule has 1 unspecified atom stereocenters. The van der Waals surface area contributed by atoms with Crippen LogP contribution < -0.4 is 0 Å². The third kappa shape index (κ3) is 5.76. The number of rotatable bonds is 5. The molecule has 0 radical (unpaired) electrons. The van der Waals surface area contributed by atoms with E-state index in [0.717, 1.165) is 6.42 Å². The van der Waals surface area contributed by atoms with Crippen molar-refractivity contribution in [2.24, 2.45) is 0 Å². The SMILES string of the molecule is CCCCCC(C#CO)[Si](C)(C)C. The Hall–Kier alpha value is -0.423.